The van der Waals surface area contributed by atoms with Gasteiger partial charge in [0, 0.05) is 0 Å². The second-order valence-corrected chi connectivity index (χ2v) is 8.88. The second-order valence-electron chi connectivity index (χ2n) is 7.88. The number of hydrogen-bond acceptors (Lipinski definition) is 9. The van der Waals surface area contributed by atoms with Crippen LogP contribution in [-0.2, 0) is 4.79 Å². The number of aliphatic hydroxyl groups excluding tert-OH is 1. The Kier molecular flexibility index (Phi) is 5.75. The molecule has 1 aliphatic heterocycles. The van der Waals surface area contributed by atoms with E-state index in [0.29, 0.717) is 40.0 Å². The molecule has 10 heteroatoms. The summed E-state index contributed by atoms with van der Waals surface area (Å²) in [4.78, 5) is 32.7. The third-order valence-electron chi connectivity index (χ3n) is 5.61. The fourth-order valence-electron chi connectivity index (χ4n) is 4.07. The van der Waals surface area contributed by atoms with Gasteiger partial charge in [-0.2, -0.15) is 0 Å². The molecule has 0 aliphatic carbocycles. The van der Waals surface area contributed by atoms with Crippen LogP contribution in [0.3, 0.4) is 0 Å². The van der Waals surface area contributed by atoms with Gasteiger partial charge < -0.3 is 14.3 Å². The maximum atomic E-state index is 13.4. The summed E-state index contributed by atoms with van der Waals surface area (Å²) in [7, 11) is 0. The number of rotatable bonds is 7. The van der Waals surface area contributed by atoms with Crippen LogP contribution in [0.5, 0.6) is 5.75 Å². The number of ether oxygens (including phenoxy) is 1. The van der Waals surface area contributed by atoms with Crippen LogP contribution in [0.15, 0.2) is 70.3 Å². The van der Waals surface area contributed by atoms with Crippen molar-refractivity contribution in [2.45, 2.75) is 19.9 Å². The first-order valence-corrected chi connectivity index (χ1v) is 11.6. The summed E-state index contributed by atoms with van der Waals surface area (Å²) >= 11 is 1.24. The highest BCUT2D eigenvalue weighted by molar-refractivity contribution is 7.22. The molecule has 9 nitrogen and oxygen atoms in total. The zero-order chi connectivity index (χ0) is 24.7. The standard InChI is InChI=1S/C25H21N3O6S/c1-3-33-16-8-9-17-19(12-16)35-25(26-17)28-21(14-5-4-6-15(11-14)27-32)20(23(30)24(28)31)22(29)18-10-7-13(2)34-18/h4-12,21,27,30,32H,3H2,1-2H3. The highest BCUT2D eigenvalue weighted by Crippen LogP contribution is 2.45. The van der Waals surface area contributed by atoms with E-state index >= 15 is 0 Å². The van der Waals surface area contributed by atoms with Crippen LogP contribution in [-0.4, -0.2) is 33.6 Å². The van der Waals surface area contributed by atoms with E-state index in [9.17, 15) is 19.9 Å². The number of furan rings is 1. The summed E-state index contributed by atoms with van der Waals surface area (Å²) in [5, 5.41) is 20.6. The Morgan fingerprint density at radius 1 is 1.23 bits per heavy atom. The van der Waals surface area contributed by atoms with Gasteiger partial charge in [0.25, 0.3) is 5.91 Å². The van der Waals surface area contributed by atoms with Crippen LogP contribution >= 0.6 is 11.3 Å². The van der Waals surface area contributed by atoms with E-state index in [1.165, 1.54) is 22.3 Å². The lowest BCUT2D eigenvalue weighted by Crippen LogP contribution is -2.31. The molecule has 0 saturated heterocycles. The lowest BCUT2D eigenvalue weighted by molar-refractivity contribution is -0.117. The third kappa shape index (κ3) is 3.92. The van der Waals surface area contributed by atoms with Crippen molar-refractivity contribution in [3.8, 4) is 5.75 Å². The molecule has 3 N–H and O–H groups in total. The van der Waals surface area contributed by atoms with Crippen molar-refractivity contribution in [1.29, 1.82) is 0 Å². The van der Waals surface area contributed by atoms with E-state index in [4.69, 9.17) is 9.15 Å². The number of nitrogens with one attached hydrogen (secondary N) is 1. The van der Waals surface area contributed by atoms with Gasteiger partial charge in [-0.25, -0.2) is 4.98 Å². The van der Waals surface area contributed by atoms with Crippen molar-refractivity contribution in [3.63, 3.8) is 0 Å². The maximum absolute atomic E-state index is 13.4. The molecule has 0 saturated carbocycles. The number of fused-ring (bicyclic) bond motifs is 1. The summed E-state index contributed by atoms with van der Waals surface area (Å²) in [6.45, 7) is 4.09. The molecular formula is C25H21N3O6S. The normalized spacial score (nSPS) is 15.8. The van der Waals surface area contributed by atoms with Crippen LogP contribution < -0.4 is 15.1 Å². The molecule has 4 aromatic rings. The lowest BCUT2D eigenvalue weighted by atomic mass is 9.95. The molecular weight excluding hydrogens is 470 g/mol. The SMILES string of the molecule is CCOc1ccc2nc(N3C(=O)C(O)=C(C(=O)c4ccc(C)o4)C3c3cccc(NO)c3)sc2c1. The number of aryl methyl sites for hydroxylation is 1. The smallest absolute Gasteiger partial charge is 0.296 e. The number of aromatic nitrogens is 1. The van der Waals surface area contributed by atoms with Gasteiger partial charge in [0.2, 0.25) is 5.78 Å². The first-order valence-electron chi connectivity index (χ1n) is 10.8. The van der Waals surface area contributed by atoms with Gasteiger partial charge in [-0.3, -0.25) is 25.2 Å². The molecule has 35 heavy (non-hydrogen) atoms. The molecule has 1 aliphatic rings. The van der Waals surface area contributed by atoms with Crippen LogP contribution in [0, 0.1) is 6.92 Å². The molecule has 178 valence electrons. The zero-order valence-electron chi connectivity index (χ0n) is 18.8. The minimum Gasteiger partial charge on any atom is -0.503 e. The van der Waals surface area contributed by atoms with Crippen molar-refractivity contribution < 1.29 is 29.1 Å². The fraction of sp³-hybridized carbons (Fsp3) is 0.160. The number of Topliss-reactive ketones (excluding diaryl/α,β-unsaturated/α-hetero) is 1. The van der Waals surface area contributed by atoms with Gasteiger partial charge in [0.05, 0.1) is 34.1 Å². The van der Waals surface area contributed by atoms with E-state index in [1.807, 2.05) is 13.0 Å². The number of carbonyl (C=O) groups excluding carboxylic acids is 2. The van der Waals surface area contributed by atoms with Gasteiger partial charge >= 0.3 is 0 Å². The van der Waals surface area contributed by atoms with Gasteiger partial charge in [-0.1, -0.05) is 23.5 Å². The number of amides is 1. The summed E-state index contributed by atoms with van der Waals surface area (Å²) in [5.74, 6) is -0.844. The topological polar surface area (TPSA) is 125 Å². The van der Waals surface area contributed by atoms with Crippen molar-refractivity contribution >= 4 is 44.1 Å². The third-order valence-corrected chi connectivity index (χ3v) is 6.63. The number of benzene rings is 2. The zero-order valence-corrected chi connectivity index (χ0v) is 19.6. The van der Waals surface area contributed by atoms with Gasteiger partial charge in [-0.15, -0.1) is 0 Å². The number of anilines is 2. The quantitative estimate of drug-likeness (QED) is 0.239. The number of thiazole rings is 1. The summed E-state index contributed by atoms with van der Waals surface area (Å²) in [6, 6.07) is 14.1. The predicted octanol–water partition coefficient (Wildman–Crippen LogP) is 5.18. The summed E-state index contributed by atoms with van der Waals surface area (Å²) in [5.41, 5.74) is 3.43. The minimum atomic E-state index is -0.999. The number of carbonyl (C=O) groups is 2. The van der Waals surface area contributed by atoms with Crippen molar-refractivity contribution in [2.24, 2.45) is 0 Å². The van der Waals surface area contributed by atoms with E-state index < -0.39 is 23.5 Å². The largest absolute Gasteiger partial charge is 0.503 e. The number of aliphatic hydroxyl groups is 1. The van der Waals surface area contributed by atoms with E-state index in [0.717, 1.165) is 4.70 Å². The maximum Gasteiger partial charge on any atom is 0.296 e. The fourth-order valence-corrected chi connectivity index (χ4v) is 5.09. The molecule has 3 heterocycles. The Labute approximate surface area is 203 Å². The molecule has 1 atom stereocenters. The molecule has 2 aromatic heterocycles. The van der Waals surface area contributed by atoms with Gasteiger partial charge in [0.15, 0.2) is 16.7 Å². The van der Waals surface area contributed by atoms with Crippen LogP contribution in [0.2, 0.25) is 0 Å². The van der Waals surface area contributed by atoms with Crippen molar-refractivity contribution in [2.75, 3.05) is 17.0 Å². The second kappa shape index (κ2) is 8.90. The van der Waals surface area contributed by atoms with Crippen LogP contribution in [0.4, 0.5) is 10.8 Å². The van der Waals surface area contributed by atoms with Gasteiger partial charge in [0.1, 0.15) is 11.5 Å². The first kappa shape index (κ1) is 22.6. The lowest BCUT2D eigenvalue weighted by Gasteiger charge is -2.24. The molecule has 1 unspecified atom stereocenters. The number of hydrogen-bond donors (Lipinski definition) is 3. The van der Waals surface area contributed by atoms with Gasteiger partial charge in [-0.05, 0) is 61.9 Å². The summed E-state index contributed by atoms with van der Waals surface area (Å²) in [6.07, 6.45) is 0. The molecule has 0 bridgehead atoms. The molecule has 1 amide bonds. The Morgan fingerprint density at radius 2 is 2.06 bits per heavy atom. The Bertz CT molecular complexity index is 1490. The Morgan fingerprint density at radius 3 is 2.77 bits per heavy atom. The average molecular weight is 492 g/mol. The Hall–Kier alpha value is -4.15. The van der Waals surface area contributed by atoms with E-state index in [2.05, 4.69) is 10.5 Å². The predicted molar refractivity (Wildman–Crippen MR) is 130 cm³/mol. The van der Waals surface area contributed by atoms with Crippen LogP contribution in [0.1, 0.15) is 34.8 Å². The molecule has 5 rings (SSSR count). The van der Waals surface area contributed by atoms with E-state index in [-0.39, 0.29) is 11.3 Å². The highest BCUT2D eigenvalue weighted by Gasteiger charge is 2.46. The number of ketones is 1. The molecule has 2 aromatic carbocycles. The average Bonchev–Trinajstić information content (AvgIpc) is 3.55. The van der Waals surface area contributed by atoms with E-state index in [1.54, 1.807) is 49.4 Å². The monoisotopic (exact) mass is 491 g/mol. The molecule has 0 radical (unpaired) electrons. The highest BCUT2D eigenvalue weighted by atomic mass is 32.1. The molecule has 0 fully saturated rings. The Balaban J connectivity index is 1.65. The van der Waals surface area contributed by atoms with Crippen LogP contribution in [0.25, 0.3) is 10.2 Å². The number of nitrogens with zero attached hydrogens (tertiary/aromatic N) is 2. The molecule has 0 spiro atoms. The first-order chi connectivity index (χ1) is 16.9. The summed E-state index contributed by atoms with van der Waals surface area (Å²) < 4.78 is 11.8. The minimum absolute atomic E-state index is 0.00536. The van der Waals surface area contributed by atoms with Crippen molar-refractivity contribution in [3.05, 3.63) is 83.0 Å². The van der Waals surface area contributed by atoms with Crippen molar-refractivity contribution in [1.82, 2.24) is 4.98 Å².